The number of hydrogen-bond acceptors (Lipinski definition) is 4. The highest BCUT2D eigenvalue weighted by Gasteiger charge is 2.10. The number of urea groups is 1. The number of carbonyl (C=O) groups is 2. The second-order valence-electron chi connectivity index (χ2n) is 6.82. The average Bonchev–Trinajstić information content (AvgIpc) is 2.62. The number of carbonyl (C=O) groups excluding carboxylic acids is 1. The SMILES string of the molecule is Cc1ccc(NC(=O)Nc2cccc(CCC(=O)O)c2)c(OCCN(C)C)c1. The zero-order chi connectivity index (χ0) is 20.5. The van der Waals surface area contributed by atoms with Gasteiger partial charge in [-0.3, -0.25) is 4.79 Å². The predicted molar refractivity (Wildman–Crippen MR) is 110 cm³/mol. The number of ether oxygens (including phenoxy) is 1. The molecule has 7 heteroatoms. The Balaban J connectivity index is 2.01. The molecule has 3 N–H and O–H groups in total. The van der Waals surface area contributed by atoms with Crippen LogP contribution >= 0.6 is 0 Å². The molecular formula is C21H27N3O4. The number of nitrogens with one attached hydrogen (secondary N) is 2. The maximum atomic E-state index is 12.4. The molecule has 0 aliphatic heterocycles. The molecule has 0 spiro atoms. The Labute approximate surface area is 165 Å². The lowest BCUT2D eigenvalue weighted by molar-refractivity contribution is -0.136. The highest BCUT2D eigenvalue weighted by atomic mass is 16.5. The Morgan fingerprint density at radius 1 is 1.11 bits per heavy atom. The summed E-state index contributed by atoms with van der Waals surface area (Å²) in [6.07, 6.45) is 0.459. The van der Waals surface area contributed by atoms with E-state index in [1.807, 2.05) is 50.2 Å². The quantitative estimate of drug-likeness (QED) is 0.614. The summed E-state index contributed by atoms with van der Waals surface area (Å²) >= 11 is 0. The second-order valence-corrected chi connectivity index (χ2v) is 6.82. The summed E-state index contributed by atoms with van der Waals surface area (Å²) in [5, 5.41) is 14.4. The third kappa shape index (κ3) is 7.28. The van der Waals surface area contributed by atoms with Crippen molar-refractivity contribution in [1.82, 2.24) is 4.90 Å². The van der Waals surface area contributed by atoms with Gasteiger partial charge in [-0.15, -0.1) is 0 Å². The van der Waals surface area contributed by atoms with E-state index in [0.29, 0.717) is 30.2 Å². The van der Waals surface area contributed by atoms with Crippen LogP contribution in [0.4, 0.5) is 16.2 Å². The van der Waals surface area contributed by atoms with Crippen molar-refractivity contribution in [3.8, 4) is 5.75 Å². The monoisotopic (exact) mass is 385 g/mol. The Hall–Kier alpha value is -3.06. The molecule has 0 radical (unpaired) electrons. The van der Waals surface area contributed by atoms with Gasteiger partial charge in [0.2, 0.25) is 0 Å². The van der Waals surface area contributed by atoms with Crippen LogP contribution in [0.2, 0.25) is 0 Å². The maximum Gasteiger partial charge on any atom is 0.323 e. The van der Waals surface area contributed by atoms with Crippen LogP contribution in [0.5, 0.6) is 5.75 Å². The van der Waals surface area contributed by atoms with Crippen molar-refractivity contribution in [1.29, 1.82) is 0 Å². The molecule has 0 saturated carbocycles. The predicted octanol–water partition coefficient (Wildman–Crippen LogP) is 3.60. The summed E-state index contributed by atoms with van der Waals surface area (Å²) in [5.41, 5.74) is 3.08. The van der Waals surface area contributed by atoms with E-state index >= 15 is 0 Å². The van der Waals surface area contributed by atoms with Gasteiger partial charge < -0.3 is 25.4 Å². The molecule has 0 bridgehead atoms. The van der Waals surface area contributed by atoms with Crippen LogP contribution in [0.25, 0.3) is 0 Å². The molecule has 0 aromatic heterocycles. The van der Waals surface area contributed by atoms with E-state index < -0.39 is 12.0 Å². The van der Waals surface area contributed by atoms with Crippen LogP contribution in [0.15, 0.2) is 42.5 Å². The molecule has 2 amide bonds. The normalized spacial score (nSPS) is 10.6. The second kappa shape index (κ2) is 10.3. The Morgan fingerprint density at radius 3 is 2.61 bits per heavy atom. The number of aryl methyl sites for hydroxylation is 2. The largest absolute Gasteiger partial charge is 0.490 e. The molecule has 0 aliphatic rings. The van der Waals surface area contributed by atoms with E-state index in [4.69, 9.17) is 9.84 Å². The molecule has 0 unspecified atom stereocenters. The van der Waals surface area contributed by atoms with E-state index in [1.165, 1.54) is 0 Å². The molecule has 7 nitrogen and oxygen atoms in total. The summed E-state index contributed by atoms with van der Waals surface area (Å²) in [6, 6.07) is 12.4. The van der Waals surface area contributed by atoms with Gasteiger partial charge in [0.1, 0.15) is 12.4 Å². The number of benzene rings is 2. The van der Waals surface area contributed by atoms with Gasteiger partial charge in [-0.1, -0.05) is 18.2 Å². The van der Waals surface area contributed by atoms with E-state index in [0.717, 1.165) is 17.7 Å². The van der Waals surface area contributed by atoms with Crippen molar-refractivity contribution in [3.63, 3.8) is 0 Å². The Bertz CT molecular complexity index is 821. The smallest absolute Gasteiger partial charge is 0.323 e. The van der Waals surface area contributed by atoms with Crippen LogP contribution in [0, 0.1) is 6.92 Å². The lowest BCUT2D eigenvalue weighted by atomic mass is 10.1. The number of carboxylic acid groups (broad SMARTS) is 1. The minimum atomic E-state index is -0.850. The Morgan fingerprint density at radius 2 is 1.89 bits per heavy atom. The van der Waals surface area contributed by atoms with E-state index in [2.05, 4.69) is 10.6 Å². The van der Waals surface area contributed by atoms with Gasteiger partial charge in [0.05, 0.1) is 5.69 Å². The van der Waals surface area contributed by atoms with Crippen LogP contribution in [-0.4, -0.2) is 49.3 Å². The van der Waals surface area contributed by atoms with Crippen LogP contribution in [0.3, 0.4) is 0 Å². The molecule has 0 aliphatic carbocycles. The van der Waals surface area contributed by atoms with E-state index in [9.17, 15) is 9.59 Å². The van der Waals surface area contributed by atoms with Crippen LogP contribution in [-0.2, 0) is 11.2 Å². The molecular weight excluding hydrogens is 358 g/mol. The fourth-order valence-corrected chi connectivity index (χ4v) is 2.53. The third-order valence-electron chi connectivity index (χ3n) is 3.99. The first kappa shape index (κ1) is 21.2. The van der Waals surface area contributed by atoms with Crippen LogP contribution in [0.1, 0.15) is 17.5 Å². The zero-order valence-corrected chi connectivity index (χ0v) is 16.5. The van der Waals surface area contributed by atoms with Gasteiger partial charge >= 0.3 is 12.0 Å². The summed E-state index contributed by atoms with van der Waals surface area (Å²) < 4.78 is 5.81. The highest BCUT2D eigenvalue weighted by molar-refractivity contribution is 6.00. The minimum absolute atomic E-state index is 0.0483. The first-order chi connectivity index (χ1) is 13.3. The number of likely N-dealkylation sites (N-methyl/N-ethyl adjacent to an activating group) is 1. The summed E-state index contributed by atoms with van der Waals surface area (Å²) in [5.74, 6) is -0.232. The Kier molecular flexibility index (Phi) is 7.83. The number of nitrogens with zero attached hydrogens (tertiary/aromatic N) is 1. The molecule has 2 rings (SSSR count). The standard InChI is InChI=1S/C21H27N3O4/c1-15-7-9-18(19(13-15)28-12-11-24(2)3)23-21(27)22-17-6-4-5-16(14-17)8-10-20(25)26/h4-7,9,13-14H,8,10-12H2,1-3H3,(H,25,26)(H2,22,23,27). The highest BCUT2D eigenvalue weighted by Crippen LogP contribution is 2.26. The van der Waals surface area contributed by atoms with Gasteiger partial charge in [0.15, 0.2) is 0 Å². The number of rotatable bonds is 9. The molecule has 0 heterocycles. The lowest BCUT2D eigenvalue weighted by Gasteiger charge is -2.16. The number of hydrogen-bond donors (Lipinski definition) is 3. The average molecular weight is 385 g/mol. The summed E-state index contributed by atoms with van der Waals surface area (Å²) in [6.45, 7) is 3.24. The van der Waals surface area contributed by atoms with Crippen molar-refractivity contribution in [3.05, 3.63) is 53.6 Å². The molecule has 0 saturated heterocycles. The topological polar surface area (TPSA) is 90.9 Å². The lowest BCUT2D eigenvalue weighted by Crippen LogP contribution is -2.22. The molecule has 150 valence electrons. The fraction of sp³-hybridized carbons (Fsp3) is 0.333. The molecule has 0 fully saturated rings. The number of anilines is 2. The maximum absolute atomic E-state index is 12.4. The van der Waals surface area contributed by atoms with Gasteiger partial charge in [-0.25, -0.2) is 4.79 Å². The first-order valence-corrected chi connectivity index (χ1v) is 9.10. The van der Waals surface area contributed by atoms with Gasteiger partial charge in [0, 0.05) is 18.7 Å². The van der Waals surface area contributed by atoms with Gasteiger partial charge in [0.25, 0.3) is 0 Å². The van der Waals surface area contributed by atoms with Crippen molar-refractivity contribution >= 4 is 23.4 Å². The van der Waals surface area contributed by atoms with E-state index in [1.54, 1.807) is 18.2 Å². The third-order valence-corrected chi connectivity index (χ3v) is 3.99. The first-order valence-electron chi connectivity index (χ1n) is 9.10. The van der Waals surface area contributed by atoms with Gasteiger partial charge in [-0.05, 0) is 62.8 Å². The number of amides is 2. The van der Waals surface area contributed by atoms with Crippen molar-refractivity contribution in [2.24, 2.45) is 0 Å². The van der Waals surface area contributed by atoms with Crippen LogP contribution < -0.4 is 15.4 Å². The molecule has 28 heavy (non-hydrogen) atoms. The zero-order valence-electron chi connectivity index (χ0n) is 16.5. The molecule has 2 aromatic rings. The summed E-state index contributed by atoms with van der Waals surface area (Å²) in [7, 11) is 3.94. The van der Waals surface area contributed by atoms with Gasteiger partial charge in [-0.2, -0.15) is 0 Å². The minimum Gasteiger partial charge on any atom is -0.490 e. The van der Waals surface area contributed by atoms with Crippen molar-refractivity contribution < 1.29 is 19.4 Å². The van der Waals surface area contributed by atoms with Crippen molar-refractivity contribution in [2.45, 2.75) is 19.8 Å². The molecule has 2 aromatic carbocycles. The van der Waals surface area contributed by atoms with Crippen molar-refractivity contribution in [2.75, 3.05) is 37.9 Å². The van der Waals surface area contributed by atoms with E-state index in [-0.39, 0.29) is 6.42 Å². The molecule has 0 atom stereocenters. The summed E-state index contributed by atoms with van der Waals surface area (Å²) in [4.78, 5) is 25.1. The fourth-order valence-electron chi connectivity index (χ4n) is 2.53. The number of aliphatic carboxylic acids is 1. The number of carboxylic acids is 1.